The molecular weight excluding hydrogens is 409 g/mol. The van der Waals surface area contributed by atoms with Crippen molar-refractivity contribution >= 4 is 12.1 Å². The van der Waals surface area contributed by atoms with Gasteiger partial charge in [0.05, 0.1) is 11.7 Å². The number of halogens is 1. The predicted octanol–water partition coefficient (Wildman–Crippen LogP) is 5.20. The summed E-state index contributed by atoms with van der Waals surface area (Å²) in [5.41, 5.74) is 2.39. The molecule has 1 heterocycles. The highest BCUT2D eigenvalue weighted by Crippen LogP contribution is 2.31. The van der Waals surface area contributed by atoms with Crippen LogP contribution in [0.1, 0.15) is 46.6 Å². The van der Waals surface area contributed by atoms with Crippen LogP contribution in [0.4, 0.5) is 4.48 Å². The second-order valence-corrected chi connectivity index (χ2v) is 7.43. The Balaban J connectivity index is 0.00000249. The standard InChI is InChI=1S/C23H30FN3O3.C2H6/c1-5-7-19-22(29)8-6-9-23(19)30-15-18-11-13-26(17(4)28)14-20(18)21(10-12-25)27(24)16(2)3;1-2/h5-6,8-10,12,16,25,29H,1,7,11,13-15H2,2-4H3;1-2H3/b21-10-,25-12?;. The summed E-state index contributed by atoms with van der Waals surface area (Å²) in [4.78, 5) is 13.6. The maximum atomic E-state index is 14.9. The Labute approximate surface area is 191 Å². The third-order valence-electron chi connectivity index (χ3n) is 5.00. The third kappa shape index (κ3) is 6.97. The number of hydrogen-bond acceptors (Lipinski definition) is 5. The summed E-state index contributed by atoms with van der Waals surface area (Å²) in [5.74, 6) is 0.583. The highest BCUT2D eigenvalue weighted by Gasteiger charge is 2.27. The normalized spacial score (nSPS) is 14.0. The molecule has 7 heteroatoms. The lowest BCUT2D eigenvalue weighted by Gasteiger charge is -2.33. The number of nitrogens with one attached hydrogen (secondary N) is 1. The minimum absolute atomic E-state index is 0.0853. The predicted molar refractivity (Wildman–Crippen MR) is 128 cm³/mol. The van der Waals surface area contributed by atoms with Gasteiger partial charge in [0, 0.05) is 37.4 Å². The SMILES string of the molecule is C=CCc1c(O)cccc1OCC1=C(/C(=C/C=N)N(F)C(C)C)CN(C(C)=O)CC1.CC. The highest BCUT2D eigenvalue weighted by atomic mass is 19.2. The van der Waals surface area contributed by atoms with Crippen LogP contribution in [-0.2, 0) is 11.2 Å². The molecule has 0 fully saturated rings. The van der Waals surface area contributed by atoms with Crippen LogP contribution in [0.5, 0.6) is 11.5 Å². The fourth-order valence-electron chi connectivity index (χ4n) is 3.35. The molecule has 2 rings (SSSR count). The molecule has 0 saturated carbocycles. The van der Waals surface area contributed by atoms with E-state index < -0.39 is 6.04 Å². The molecule has 6 nitrogen and oxygen atoms in total. The Morgan fingerprint density at radius 3 is 2.66 bits per heavy atom. The summed E-state index contributed by atoms with van der Waals surface area (Å²) in [5, 5.41) is 18.2. The van der Waals surface area contributed by atoms with Crippen molar-refractivity contribution in [1.29, 1.82) is 5.41 Å². The molecule has 1 aromatic rings. The smallest absolute Gasteiger partial charge is 0.219 e. The molecule has 0 saturated heterocycles. The Kier molecular flexibility index (Phi) is 11.2. The van der Waals surface area contributed by atoms with Crippen LogP contribution in [0.2, 0.25) is 0 Å². The van der Waals surface area contributed by atoms with Gasteiger partial charge in [-0.05, 0) is 50.5 Å². The van der Waals surface area contributed by atoms with Crippen molar-refractivity contribution in [2.24, 2.45) is 0 Å². The van der Waals surface area contributed by atoms with Crippen LogP contribution in [0.15, 0.2) is 53.8 Å². The second-order valence-electron chi connectivity index (χ2n) is 7.43. The Hall–Kier alpha value is -3.09. The summed E-state index contributed by atoms with van der Waals surface area (Å²) >= 11 is 0. The van der Waals surface area contributed by atoms with E-state index in [0.29, 0.717) is 41.4 Å². The zero-order chi connectivity index (χ0) is 24.3. The maximum Gasteiger partial charge on any atom is 0.219 e. The van der Waals surface area contributed by atoms with Gasteiger partial charge in [0.15, 0.2) is 0 Å². The van der Waals surface area contributed by atoms with Gasteiger partial charge in [0.1, 0.15) is 18.1 Å². The van der Waals surface area contributed by atoms with Gasteiger partial charge in [-0.1, -0.05) is 30.5 Å². The molecule has 1 amide bonds. The Bertz CT molecular complexity index is 862. The quantitative estimate of drug-likeness (QED) is 0.311. The van der Waals surface area contributed by atoms with E-state index >= 15 is 0 Å². The van der Waals surface area contributed by atoms with E-state index in [-0.39, 0.29) is 30.5 Å². The summed E-state index contributed by atoms with van der Waals surface area (Å²) in [7, 11) is 0. The molecule has 0 radical (unpaired) electrons. The van der Waals surface area contributed by atoms with Crippen molar-refractivity contribution in [1.82, 2.24) is 10.0 Å². The molecule has 0 unspecified atom stereocenters. The monoisotopic (exact) mass is 445 g/mol. The molecule has 2 N–H and O–H groups in total. The van der Waals surface area contributed by atoms with Crippen molar-refractivity contribution in [3.05, 3.63) is 59.3 Å². The first kappa shape index (κ1) is 26.9. The van der Waals surface area contributed by atoms with Gasteiger partial charge in [-0.3, -0.25) is 4.79 Å². The van der Waals surface area contributed by atoms with E-state index in [1.165, 1.54) is 13.0 Å². The number of phenolic OH excluding ortho intramolecular Hbond substituents is 1. The lowest BCUT2D eigenvalue weighted by Crippen LogP contribution is -2.38. The highest BCUT2D eigenvalue weighted by molar-refractivity contribution is 5.75. The minimum Gasteiger partial charge on any atom is -0.508 e. The van der Waals surface area contributed by atoms with Crippen LogP contribution < -0.4 is 4.74 Å². The van der Waals surface area contributed by atoms with Crippen molar-refractivity contribution in [3.63, 3.8) is 0 Å². The largest absolute Gasteiger partial charge is 0.508 e. The summed E-state index contributed by atoms with van der Waals surface area (Å²) in [6.07, 6.45) is 5.12. The number of aromatic hydroxyl groups is 1. The number of nitrogens with zero attached hydrogens (tertiary/aromatic N) is 2. The van der Waals surface area contributed by atoms with Gasteiger partial charge in [-0.15, -0.1) is 6.58 Å². The first-order valence-electron chi connectivity index (χ1n) is 11.0. The number of hydrogen-bond donors (Lipinski definition) is 2. The molecule has 1 aliphatic heterocycles. The topological polar surface area (TPSA) is 76.9 Å². The Morgan fingerprint density at radius 1 is 1.41 bits per heavy atom. The number of phenols is 1. The van der Waals surface area contributed by atoms with E-state index in [2.05, 4.69) is 6.58 Å². The Morgan fingerprint density at radius 2 is 2.09 bits per heavy atom. The molecule has 0 spiro atoms. The zero-order valence-electron chi connectivity index (χ0n) is 19.8. The van der Waals surface area contributed by atoms with Crippen LogP contribution in [0.3, 0.4) is 0 Å². The third-order valence-corrected chi connectivity index (χ3v) is 5.00. The molecule has 0 aromatic heterocycles. The molecule has 0 aliphatic carbocycles. The number of amides is 1. The average Bonchev–Trinajstić information content (AvgIpc) is 2.78. The maximum absolute atomic E-state index is 14.9. The average molecular weight is 446 g/mol. The minimum atomic E-state index is -0.427. The molecule has 0 bridgehead atoms. The molecular formula is C25H36FN3O3. The molecule has 1 aromatic carbocycles. The fraction of sp³-hybridized carbons (Fsp3) is 0.440. The van der Waals surface area contributed by atoms with E-state index in [1.54, 1.807) is 43.0 Å². The fourth-order valence-corrected chi connectivity index (χ4v) is 3.35. The number of benzene rings is 1. The van der Waals surface area contributed by atoms with Gasteiger partial charge in [-0.25, -0.2) is 5.12 Å². The van der Waals surface area contributed by atoms with Crippen molar-refractivity contribution in [2.75, 3.05) is 19.7 Å². The first-order valence-corrected chi connectivity index (χ1v) is 11.0. The second kappa shape index (κ2) is 13.3. The number of ether oxygens (including phenoxy) is 1. The van der Waals surface area contributed by atoms with Gasteiger partial charge in [0.25, 0.3) is 0 Å². The first-order chi connectivity index (χ1) is 15.3. The van der Waals surface area contributed by atoms with Gasteiger partial charge in [0.2, 0.25) is 5.91 Å². The molecule has 32 heavy (non-hydrogen) atoms. The van der Waals surface area contributed by atoms with E-state index in [4.69, 9.17) is 10.1 Å². The number of rotatable bonds is 9. The molecule has 176 valence electrons. The van der Waals surface area contributed by atoms with Crippen molar-refractivity contribution < 1.29 is 19.1 Å². The van der Waals surface area contributed by atoms with Crippen LogP contribution in [0, 0.1) is 5.41 Å². The lowest BCUT2D eigenvalue weighted by molar-refractivity contribution is -0.128. The van der Waals surface area contributed by atoms with Crippen molar-refractivity contribution in [3.8, 4) is 11.5 Å². The number of carbonyl (C=O) groups is 1. The van der Waals surface area contributed by atoms with E-state index in [0.717, 1.165) is 11.8 Å². The van der Waals surface area contributed by atoms with Crippen LogP contribution in [-0.4, -0.2) is 53.0 Å². The summed E-state index contributed by atoms with van der Waals surface area (Å²) in [6, 6.07) is 4.64. The van der Waals surface area contributed by atoms with E-state index in [9.17, 15) is 14.4 Å². The summed E-state index contributed by atoms with van der Waals surface area (Å²) in [6.45, 7) is 13.6. The van der Waals surface area contributed by atoms with E-state index in [1.807, 2.05) is 13.8 Å². The number of allylic oxidation sites excluding steroid dienone is 2. The van der Waals surface area contributed by atoms with Crippen LogP contribution in [0.25, 0.3) is 0 Å². The molecule has 1 aliphatic rings. The summed E-state index contributed by atoms with van der Waals surface area (Å²) < 4.78 is 20.9. The molecule has 0 atom stereocenters. The lowest BCUT2D eigenvalue weighted by atomic mass is 9.96. The van der Waals surface area contributed by atoms with Gasteiger partial charge < -0.3 is 20.2 Å². The van der Waals surface area contributed by atoms with Gasteiger partial charge >= 0.3 is 0 Å². The van der Waals surface area contributed by atoms with Crippen molar-refractivity contribution in [2.45, 2.75) is 53.5 Å². The zero-order valence-corrected chi connectivity index (χ0v) is 19.8. The number of carbonyl (C=O) groups excluding carboxylic acids is 1. The van der Waals surface area contributed by atoms with Crippen LogP contribution >= 0.6 is 0 Å². The van der Waals surface area contributed by atoms with Gasteiger partial charge in [-0.2, -0.15) is 0 Å².